The summed E-state index contributed by atoms with van der Waals surface area (Å²) in [4.78, 5) is 42.7. The Balaban J connectivity index is 1.48. The highest BCUT2D eigenvalue weighted by Crippen LogP contribution is 2.38. The maximum Gasteiger partial charge on any atom is 0.366 e. The zero-order valence-electron chi connectivity index (χ0n) is 22.6. The van der Waals surface area contributed by atoms with Crippen LogP contribution < -0.4 is 16.1 Å². The van der Waals surface area contributed by atoms with Gasteiger partial charge in [-0.1, -0.05) is 25.0 Å². The monoisotopic (exact) mass is 565 g/mol. The van der Waals surface area contributed by atoms with Crippen LogP contribution >= 0.6 is 0 Å². The van der Waals surface area contributed by atoms with E-state index in [9.17, 15) is 19.5 Å². The highest BCUT2D eigenvalue weighted by Gasteiger charge is 2.25. The van der Waals surface area contributed by atoms with Crippen LogP contribution in [-0.4, -0.2) is 54.8 Å². The molecule has 0 bridgehead atoms. The summed E-state index contributed by atoms with van der Waals surface area (Å²) in [6.45, 7) is 4.16. The first-order valence-electron chi connectivity index (χ1n) is 12.7. The summed E-state index contributed by atoms with van der Waals surface area (Å²) in [6, 6.07) is 10.2. The van der Waals surface area contributed by atoms with Gasteiger partial charge in [0.25, 0.3) is 0 Å². The number of terminal acetylenes is 1. The van der Waals surface area contributed by atoms with Crippen LogP contribution in [0.15, 0.2) is 58.5 Å². The van der Waals surface area contributed by atoms with Gasteiger partial charge in [0.05, 0.1) is 17.8 Å². The third-order valence-electron chi connectivity index (χ3n) is 6.83. The number of rotatable bonds is 6. The van der Waals surface area contributed by atoms with Crippen LogP contribution in [0, 0.1) is 12.3 Å². The number of aromatic hydroxyl groups is 1. The van der Waals surface area contributed by atoms with Gasteiger partial charge in [0, 0.05) is 30.2 Å². The number of nitrogens with zero attached hydrogens (tertiary/aromatic N) is 8. The molecule has 42 heavy (non-hydrogen) atoms. The molecule has 14 nitrogen and oxygen atoms in total. The Morgan fingerprint density at radius 3 is 2.76 bits per heavy atom. The molecule has 0 aliphatic heterocycles. The van der Waals surface area contributed by atoms with E-state index in [1.54, 1.807) is 12.1 Å². The molecule has 0 spiro atoms. The number of phenolic OH excluding ortho intramolecular Hbond substituents is 1. The third kappa shape index (κ3) is 4.20. The first-order chi connectivity index (χ1) is 20.2. The van der Waals surface area contributed by atoms with E-state index in [-0.39, 0.29) is 40.1 Å². The van der Waals surface area contributed by atoms with E-state index in [0.717, 1.165) is 26.3 Å². The van der Waals surface area contributed by atoms with E-state index in [0.29, 0.717) is 17.8 Å². The smallest absolute Gasteiger partial charge is 0.366 e. The van der Waals surface area contributed by atoms with Gasteiger partial charge in [0.2, 0.25) is 0 Å². The lowest BCUT2D eigenvalue weighted by atomic mass is 9.98. The van der Waals surface area contributed by atoms with Crippen molar-refractivity contribution in [3.8, 4) is 40.9 Å². The molecule has 0 atom stereocenters. The van der Waals surface area contributed by atoms with E-state index in [1.807, 2.05) is 42.8 Å². The number of carbonyl (C=O) groups is 1. The minimum absolute atomic E-state index is 0.0960. The minimum atomic E-state index is -0.960. The molecular formula is C28H23N9O5. The second-order valence-corrected chi connectivity index (χ2v) is 9.81. The maximum atomic E-state index is 13.3. The lowest BCUT2D eigenvalue weighted by Gasteiger charge is -2.15. The van der Waals surface area contributed by atoms with E-state index in [1.165, 1.54) is 17.7 Å². The highest BCUT2D eigenvalue weighted by atomic mass is 16.5. The number of esters is 1. The molecule has 4 heterocycles. The first-order valence-corrected chi connectivity index (χ1v) is 12.7. The Bertz CT molecular complexity index is 2190. The van der Waals surface area contributed by atoms with Gasteiger partial charge in [-0.25, -0.2) is 33.4 Å². The fraction of sp³-hybridized carbons (Fsp3) is 0.179. The summed E-state index contributed by atoms with van der Waals surface area (Å²) >= 11 is 0. The van der Waals surface area contributed by atoms with Gasteiger partial charge in [-0.3, -0.25) is 0 Å². The summed E-state index contributed by atoms with van der Waals surface area (Å²) in [5.74, 6) is 1.44. The summed E-state index contributed by atoms with van der Waals surface area (Å²) in [5.41, 5.74) is 0.718. The zero-order chi connectivity index (χ0) is 29.7. The molecule has 14 heteroatoms. The summed E-state index contributed by atoms with van der Waals surface area (Å²) in [6.07, 6.45) is 8.48. The van der Waals surface area contributed by atoms with Crippen molar-refractivity contribution in [2.24, 2.45) is 7.05 Å². The number of aryl methyl sites for hydroxylation is 1. The lowest BCUT2D eigenvalue weighted by Crippen LogP contribution is -2.27. The Hall–Kier alpha value is -5.97. The van der Waals surface area contributed by atoms with Crippen molar-refractivity contribution in [2.75, 3.05) is 0 Å². The fourth-order valence-electron chi connectivity index (χ4n) is 4.76. The molecule has 0 unspecified atom stereocenters. The largest absolute Gasteiger partial charge is 0.508 e. The van der Waals surface area contributed by atoms with Gasteiger partial charge >= 0.3 is 17.3 Å². The van der Waals surface area contributed by atoms with Gasteiger partial charge in [-0.15, -0.1) is 11.5 Å². The van der Waals surface area contributed by atoms with Gasteiger partial charge in [0.1, 0.15) is 17.8 Å². The van der Waals surface area contributed by atoms with Crippen molar-refractivity contribution < 1.29 is 14.6 Å². The second-order valence-electron chi connectivity index (χ2n) is 9.81. The molecule has 210 valence electrons. The molecule has 0 saturated carbocycles. The SMILES string of the molecule is C#CCn1ccc2cc(-n3c(-c4cc(C(C)C)c(O)cc4OC(=O)c4ncn5c(=O)n(C)nnc45)n[nH]c3=O)ccc21. The van der Waals surface area contributed by atoms with Gasteiger partial charge in [-0.2, -0.15) is 9.78 Å². The predicted molar refractivity (Wildman–Crippen MR) is 151 cm³/mol. The molecule has 0 radical (unpaired) electrons. The van der Waals surface area contributed by atoms with Crippen molar-refractivity contribution in [3.05, 3.63) is 81.1 Å². The summed E-state index contributed by atoms with van der Waals surface area (Å²) < 4.78 is 11.0. The van der Waals surface area contributed by atoms with E-state index in [4.69, 9.17) is 11.2 Å². The van der Waals surface area contributed by atoms with Crippen LogP contribution in [-0.2, 0) is 13.6 Å². The van der Waals surface area contributed by atoms with E-state index < -0.39 is 17.3 Å². The number of carbonyl (C=O) groups excluding carboxylic acids is 1. The van der Waals surface area contributed by atoms with Crippen LogP contribution in [0.3, 0.4) is 0 Å². The molecule has 0 amide bonds. The number of ether oxygens (including phenoxy) is 1. The van der Waals surface area contributed by atoms with Crippen molar-refractivity contribution >= 4 is 22.5 Å². The Kier molecular flexibility index (Phi) is 6.19. The summed E-state index contributed by atoms with van der Waals surface area (Å²) in [7, 11) is 1.41. The molecule has 6 rings (SSSR count). The second kappa shape index (κ2) is 9.89. The average Bonchev–Trinajstić information content (AvgIpc) is 3.68. The molecular weight excluding hydrogens is 542 g/mol. The standard InChI is InChI=1S/C28H23N9O5/c1-5-9-35-10-8-16-11-17(6-7-20(16)35)37-24(30-32-27(37)40)19-12-18(15(2)3)21(38)13-22(19)42-26(39)23-25-31-33-34(4)28(41)36(25)14-29-23/h1,6-8,10-15,38H,9H2,2-4H3,(H,32,40). The lowest BCUT2D eigenvalue weighted by molar-refractivity contribution is 0.0731. The third-order valence-corrected chi connectivity index (χ3v) is 6.83. The Morgan fingerprint density at radius 1 is 1.19 bits per heavy atom. The topological polar surface area (TPSA) is 167 Å². The fourth-order valence-corrected chi connectivity index (χ4v) is 4.76. The number of hydrogen-bond acceptors (Lipinski definition) is 9. The minimum Gasteiger partial charge on any atom is -0.508 e. The number of hydrogen-bond donors (Lipinski definition) is 2. The number of aromatic amines is 1. The Labute approximate surface area is 236 Å². The summed E-state index contributed by atoms with van der Waals surface area (Å²) in [5, 5.41) is 25.9. The van der Waals surface area contributed by atoms with Crippen LogP contribution in [0.25, 0.3) is 33.6 Å². The molecule has 4 aromatic heterocycles. The molecule has 6 aromatic rings. The maximum absolute atomic E-state index is 13.3. The van der Waals surface area contributed by atoms with Crippen LogP contribution in [0.2, 0.25) is 0 Å². The molecule has 0 fully saturated rings. The predicted octanol–water partition coefficient (Wildman–Crippen LogP) is 2.00. The number of benzene rings is 2. The molecule has 2 aromatic carbocycles. The number of fused-ring (bicyclic) bond motifs is 2. The van der Waals surface area contributed by atoms with E-state index in [2.05, 4.69) is 31.4 Å². The van der Waals surface area contributed by atoms with Gasteiger partial charge < -0.3 is 14.4 Å². The number of H-pyrrole nitrogens is 1. The van der Waals surface area contributed by atoms with Crippen molar-refractivity contribution in [3.63, 3.8) is 0 Å². The average molecular weight is 566 g/mol. The Morgan fingerprint density at radius 2 is 2.00 bits per heavy atom. The van der Waals surface area contributed by atoms with Crippen molar-refractivity contribution in [2.45, 2.75) is 26.3 Å². The molecule has 2 N–H and O–H groups in total. The normalized spacial score (nSPS) is 11.4. The van der Waals surface area contributed by atoms with Gasteiger partial charge in [0.15, 0.2) is 17.2 Å². The molecule has 0 aliphatic carbocycles. The highest BCUT2D eigenvalue weighted by molar-refractivity contribution is 5.96. The first kappa shape index (κ1) is 26.3. The van der Waals surface area contributed by atoms with Crippen LogP contribution in [0.5, 0.6) is 11.5 Å². The van der Waals surface area contributed by atoms with Crippen LogP contribution in [0.4, 0.5) is 0 Å². The van der Waals surface area contributed by atoms with Crippen molar-refractivity contribution in [1.82, 2.24) is 43.7 Å². The zero-order valence-corrected chi connectivity index (χ0v) is 22.6. The van der Waals surface area contributed by atoms with Crippen molar-refractivity contribution in [1.29, 1.82) is 0 Å². The van der Waals surface area contributed by atoms with Crippen LogP contribution in [0.1, 0.15) is 35.8 Å². The van der Waals surface area contributed by atoms with Gasteiger partial charge in [-0.05, 0) is 41.8 Å². The number of nitrogens with one attached hydrogen (secondary N) is 1. The number of phenols is 1. The van der Waals surface area contributed by atoms with E-state index >= 15 is 0 Å². The number of aromatic nitrogens is 9. The molecule has 0 aliphatic rings. The number of imidazole rings is 1. The molecule has 0 saturated heterocycles. The quantitative estimate of drug-likeness (QED) is 0.174.